The van der Waals surface area contributed by atoms with E-state index >= 15 is 0 Å². The molecule has 4 nitrogen and oxygen atoms in total. The third-order valence-corrected chi connectivity index (χ3v) is 3.74. The fourth-order valence-corrected chi connectivity index (χ4v) is 2.77. The molecule has 0 bridgehead atoms. The number of carbonyl (C=O) groups is 1. The van der Waals surface area contributed by atoms with Crippen molar-refractivity contribution in [3.05, 3.63) is 52.8 Å². The van der Waals surface area contributed by atoms with Crippen molar-refractivity contribution in [2.45, 2.75) is 0 Å². The van der Waals surface area contributed by atoms with E-state index in [1.807, 2.05) is 47.0 Å². The summed E-state index contributed by atoms with van der Waals surface area (Å²) in [6, 6.07) is 11.4. The second-order valence-electron chi connectivity index (χ2n) is 4.21. The van der Waals surface area contributed by atoms with Crippen LogP contribution < -0.4 is 4.74 Å². The fourth-order valence-electron chi connectivity index (χ4n) is 2.23. The lowest BCUT2D eigenvalue weighted by Gasteiger charge is -2.07. The molecule has 0 atom stereocenters. The third-order valence-electron chi connectivity index (χ3n) is 3.10. The Labute approximate surface area is 124 Å². The van der Waals surface area contributed by atoms with E-state index in [1.165, 1.54) is 0 Å². The lowest BCUT2D eigenvalue weighted by atomic mass is 10.2. The van der Waals surface area contributed by atoms with Crippen LogP contribution in [0.1, 0.15) is 10.5 Å². The zero-order valence-corrected chi connectivity index (χ0v) is 12.3. The molecule has 3 aromatic rings. The highest BCUT2D eigenvalue weighted by atomic mass is 79.9. The summed E-state index contributed by atoms with van der Waals surface area (Å²) in [4.78, 5) is 15.7. The van der Waals surface area contributed by atoms with Gasteiger partial charge in [-0.05, 0) is 40.2 Å². The number of hydrogen-bond donors (Lipinski definition) is 0. The SMILES string of the molecule is COc1ccccc1-c1nc(C=O)c2c(Br)cccn12. The number of rotatable bonds is 3. The van der Waals surface area contributed by atoms with E-state index in [0.717, 1.165) is 27.6 Å². The number of para-hydroxylation sites is 1. The van der Waals surface area contributed by atoms with Crippen molar-refractivity contribution in [1.29, 1.82) is 0 Å². The summed E-state index contributed by atoms with van der Waals surface area (Å²) in [6.45, 7) is 0. The number of hydrogen-bond acceptors (Lipinski definition) is 3. The highest BCUT2D eigenvalue weighted by Crippen LogP contribution is 2.32. The predicted octanol–water partition coefficient (Wildman–Crippen LogP) is 3.58. The maximum Gasteiger partial charge on any atom is 0.170 e. The molecule has 5 heteroatoms. The molecule has 0 saturated carbocycles. The van der Waals surface area contributed by atoms with Crippen LogP contribution >= 0.6 is 15.9 Å². The number of benzene rings is 1. The van der Waals surface area contributed by atoms with Crippen molar-refractivity contribution in [2.75, 3.05) is 7.11 Å². The van der Waals surface area contributed by atoms with E-state index in [-0.39, 0.29) is 0 Å². The quantitative estimate of drug-likeness (QED) is 0.689. The van der Waals surface area contributed by atoms with Crippen LogP contribution in [-0.2, 0) is 0 Å². The fraction of sp³-hybridized carbons (Fsp3) is 0.0667. The van der Waals surface area contributed by atoms with Gasteiger partial charge in [0.1, 0.15) is 17.3 Å². The highest BCUT2D eigenvalue weighted by molar-refractivity contribution is 9.10. The van der Waals surface area contributed by atoms with Crippen LogP contribution in [-0.4, -0.2) is 22.8 Å². The van der Waals surface area contributed by atoms with Gasteiger partial charge in [-0.3, -0.25) is 9.20 Å². The van der Waals surface area contributed by atoms with Crippen molar-refractivity contribution in [1.82, 2.24) is 9.38 Å². The van der Waals surface area contributed by atoms with Crippen molar-refractivity contribution in [3.63, 3.8) is 0 Å². The summed E-state index contributed by atoms with van der Waals surface area (Å²) in [6.07, 6.45) is 2.64. The lowest BCUT2D eigenvalue weighted by Crippen LogP contribution is -1.92. The Balaban J connectivity index is 2.38. The van der Waals surface area contributed by atoms with Crippen molar-refractivity contribution < 1.29 is 9.53 Å². The van der Waals surface area contributed by atoms with Gasteiger partial charge in [-0.15, -0.1) is 0 Å². The Kier molecular flexibility index (Phi) is 3.28. The summed E-state index contributed by atoms with van der Waals surface area (Å²) < 4.78 is 8.08. The first-order valence-electron chi connectivity index (χ1n) is 6.01. The molecular weight excluding hydrogens is 320 g/mol. The number of halogens is 1. The first-order chi connectivity index (χ1) is 9.76. The number of carbonyl (C=O) groups excluding carboxylic acids is 1. The van der Waals surface area contributed by atoms with Crippen molar-refractivity contribution >= 4 is 27.7 Å². The van der Waals surface area contributed by atoms with Crippen LogP contribution in [0.2, 0.25) is 0 Å². The molecule has 0 unspecified atom stereocenters. The number of methoxy groups -OCH3 is 1. The normalized spacial score (nSPS) is 10.7. The first-order valence-corrected chi connectivity index (χ1v) is 6.80. The summed E-state index contributed by atoms with van der Waals surface area (Å²) in [5.74, 6) is 1.40. The highest BCUT2D eigenvalue weighted by Gasteiger charge is 2.16. The molecular formula is C15H11BrN2O2. The number of imidazole rings is 1. The van der Waals surface area contributed by atoms with E-state index in [1.54, 1.807) is 7.11 Å². The average Bonchev–Trinajstić information content (AvgIpc) is 2.87. The summed E-state index contributed by atoms with van der Waals surface area (Å²) in [5.41, 5.74) is 2.00. The minimum absolute atomic E-state index is 0.401. The molecule has 0 aliphatic carbocycles. The number of nitrogens with zero attached hydrogens (tertiary/aromatic N) is 2. The first kappa shape index (κ1) is 12.9. The van der Waals surface area contributed by atoms with Gasteiger partial charge in [-0.1, -0.05) is 12.1 Å². The van der Waals surface area contributed by atoms with E-state index in [2.05, 4.69) is 20.9 Å². The van der Waals surface area contributed by atoms with Gasteiger partial charge in [-0.25, -0.2) is 4.98 Å². The Morgan fingerprint density at radius 1 is 1.25 bits per heavy atom. The van der Waals surface area contributed by atoms with Gasteiger partial charge < -0.3 is 4.74 Å². The molecule has 0 fully saturated rings. The number of fused-ring (bicyclic) bond motifs is 1. The molecule has 0 radical (unpaired) electrons. The molecule has 0 aliphatic rings. The smallest absolute Gasteiger partial charge is 0.170 e. The molecule has 0 amide bonds. The maximum atomic E-state index is 11.2. The monoisotopic (exact) mass is 330 g/mol. The second-order valence-corrected chi connectivity index (χ2v) is 5.07. The van der Waals surface area contributed by atoms with Gasteiger partial charge >= 0.3 is 0 Å². The number of pyridine rings is 1. The summed E-state index contributed by atoms with van der Waals surface area (Å²) in [5, 5.41) is 0. The third kappa shape index (κ3) is 1.91. The molecule has 20 heavy (non-hydrogen) atoms. The molecule has 0 spiro atoms. The van der Waals surface area contributed by atoms with Gasteiger partial charge in [0.15, 0.2) is 6.29 Å². The largest absolute Gasteiger partial charge is 0.496 e. The molecule has 1 aromatic carbocycles. The Morgan fingerprint density at radius 2 is 2.05 bits per heavy atom. The van der Waals surface area contributed by atoms with E-state index in [4.69, 9.17) is 4.74 Å². The van der Waals surface area contributed by atoms with Crippen molar-refractivity contribution in [2.24, 2.45) is 0 Å². The topological polar surface area (TPSA) is 43.6 Å². The van der Waals surface area contributed by atoms with Gasteiger partial charge in [0.2, 0.25) is 0 Å². The Hall–Kier alpha value is -2.14. The van der Waals surface area contributed by atoms with Gasteiger partial charge in [0.05, 0.1) is 18.2 Å². The maximum absolute atomic E-state index is 11.2. The number of aldehydes is 1. The van der Waals surface area contributed by atoms with E-state index in [0.29, 0.717) is 11.5 Å². The number of aromatic nitrogens is 2. The Bertz CT molecular complexity index is 796. The van der Waals surface area contributed by atoms with Crippen LogP contribution in [0.15, 0.2) is 47.1 Å². The zero-order chi connectivity index (χ0) is 14.1. The van der Waals surface area contributed by atoms with E-state index < -0.39 is 0 Å². The molecule has 100 valence electrons. The van der Waals surface area contributed by atoms with E-state index in [9.17, 15) is 4.79 Å². The zero-order valence-electron chi connectivity index (χ0n) is 10.7. The summed E-state index contributed by atoms with van der Waals surface area (Å²) >= 11 is 3.46. The minimum Gasteiger partial charge on any atom is -0.496 e. The lowest BCUT2D eigenvalue weighted by molar-refractivity contribution is 0.112. The van der Waals surface area contributed by atoms with Crippen LogP contribution in [0.3, 0.4) is 0 Å². The standard InChI is InChI=1S/C15H11BrN2O2/c1-20-13-7-3-2-5-10(13)15-17-12(9-19)14-11(16)6-4-8-18(14)15/h2-9H,1H3. The molecule has 2 aromatic heterocycles. The molecule has 0 aliphatic heterocycles. The molecule has 2 heterocycles. The minimum atomic E-state index is 0.401. The average molecular weight is 331 g/mol. The second kappa shape index (κ2) is 5.09. The predicted molar refractivity (Wildman–Crippen MR) is 80.3 cm³/mol. The van der Waals surface area contributed by atoms with Crippen molar-refractivity contribution in [3.8, 4) is 17.1 Å². The van der Waals surface area contributed by atoms with Gasteiger partial charge in [-0.2, -0.15) is 0 Å². The van der Waals surface area contributed by atoms with Crippen LogP contribution in [0, 0.1) is 0 Å². The molecule has 3 rings (SSSR count). The van der Waals surface area contributed by atoms with Crippen LogP contribution in [0.5, 0.6) is 5.75 Å². The van der Waals surface area contributed by atoms with Gasteiger partial charge in [0.25, 0.3) is 0 Å². The van der Waals surface area contributed by atoms with Crippen LogP contribution in [0.4, 0.5) is 0 Å². The number of ether oxygens (including phenoxy) is 1. The van der Waals surface area contributed by atoms with Crippen LogP contribution in [0.25, 0.3) is 16.9 Å². The Morgan fingerprint density at radius 3 is 2.80 bits per heavy atom. The summed E-state index contributed by atoms with van der Waals surface area (Å²) in [7, 11) is 1.62. The molecule has 0 N–H and O–H groups in total. The van der Waals surface area contributed by atoms with Gasteiger partial charge in [0, 0.05) is 10.7 Å². The molecule has 0 saturated heterocycles.